The Morgan fingerprint density at radius 3 is 2.60 bits per heavy atom. The van der Waals surface area contributed by atoms with Gasteiger partial charge in [0.05, 0.1) is 6.42 Å². The van der Waals surface area contributed by atoms with E-state index < -0.39 is 18.6 Å². The number of rotatable bonds is 4. The summed E-state index contributed by atoms with van der Waals surface area (Å²) in [4.78, 5) is 0. The van der Waals surface area contributed by atoms with Crippen LogP contribution in [-0.4, -0.2) is 30.8 Å². The summed E-state index contributed by atoms with van der Waals surface area (Å²) in [6.07, 6.45) is -2.70. The molecule has 2 atom stereocenters. The second-order valence-corrected chi connectivity index (χ2v) is 4.69. The van der Waals surface area contributed by atoms with Crippen molar-refractivity contribution in [2.75, 3.05) is 13.1 Å². The zero-order valence-electron chi connectivity index (χ0n) is 9.25. The molecular formula is C10H19F3N2. The summed E-state index contributed by atoms with van der Waals surface area (Å²) < 4.78 is 36.1. The van der Waals surface area contributed by atoms with Gasteiger partial charge in [-0.15, -0.1) is 0 Å². The van der Waals surface area contributed by atoms with Crippen LogP contribution in [0.3, 0.4) is 0 Å². The van der Waals surface area contributed by atoms with E-state index in [9.17, 15) is 13.2 Å². The summed E-state index contributed by atoms with van der Waals surface area (Å²) in [5.41, 5.74) is -0.0279. The van der Waals surface area contributed by atoms with Gasteiger partial charge in [0, 0.05) is 18.1 Å². The lowest BCUT2D eigenvalue weighted by Gasteiger charge is -2.27. The summed E-state index contributed by atoms with van der Waals surface area (Å²) in [5, 5.41) is 6.25. The van der Waals surface area contributed by atoms with Gasteiger partial charge in [-0.1, -0.05) is 0 Å². The molecule has 2 unspecified atom stereocenters. The Morgan fingerprint density at radius 2 is 2.13 bits per heavy atom. The Hall–Kier alpha value is -0.290. The van der Waals surface area contributed by atoms with Crippen LogP contribution in [0.5, 0.6) is 0 Å². The summed E-state index contributed by atoms with van der Waals surface area (Å²) in [6.45, 7) is 5.19. The van der Waals surface area contributed by atoms with Crippen LogP contribution in [0, 0.1) is 0 Å². The van der Waals surface area contributed by atoms with Crippen LogP contribution < -0.4 is 10.6 Å². The second-order valence-electron chi connectivity index (χ2n) is 4.69. The lowest BCUT2D eigenvalue weighted by atomic mass is 10.00. The molecule has 1 aliphatic heterocycles. The Labute approximate surface area is 88.6 Å². The lowest BCUT2D eigenvalue weighted by Crippen LogP contribution is -2.48. The van der Waals surface area contributed by atoms with Crippen molar-refractivity contribution in [1.82, 2.24) is 10.6 Å². The molecule has 1 saturated heterocycles. The predicted octanol–water partition coefficient (Wildman–Crippen LogP) is 2.06. The standard InChI is InChI=1S/C10H19F3N2/c1-8(6-10(11,12)13)14-7-9(2)4-3-5-15-9/h8,14-15H,3-7H2,1-2H3. The molecule has 5 heteroatoms. The maximum atomic E-state index is 12.0. The molecule has 0 saturated carbocycles. The van der Waals surface area contributed by atoms with E-state index in [1.165, 1.54) is 0 Å². The topological polar surface area (TPSA) is 24.1 Å². The molecule has 1 heterocycles. The predicted molar refractivity (Wildman–Crippen MR) is 53.8 cm³/mol. The van der Waals surface area contributed by atoms with Crippen molar-refractivity contribution in [2.24, 2.45) is 0 Å². The molecule has 1 aliphatic rings. The highest BCUT2D eigenvalue weighted by Crippen LogP contribution is 2.22. The first-order valence-corrected chi connectivity index (χ1v) is 5.36. The van der Waals surface area contributed by atoms with Crippen molar-refractivity contribution in [3.8, 4) is 0 Å². The normalized spacial score (nSPS) is 29.4. The van der Waals surface area contributed by atoms with Crippen LogP contribution in [0.25, 0.3) is 0 Å². The van der Waals surface area contributed by atoms with Crippen LogP contribution in [-0.2, 0) is 0 Å². The van der Waals surface area contributed by atoms with Crippen molar-refractivity contribution in [1.29, 1.82) is 0 Å². The first-order valence-electron chi connectivity index (χ1n) is 5.36. The van der Waals surface area contributed by atoms with E-state index in [0.29, 0.717) is 6.54 Å². The highest BCUT2D eigenvalue weighted by Gasteiger charge is 2.32. The molecule has 0 bridgehead atoms. The van der Waals surface area contributed by atoms with E-state index in [2.05, 4.69) is 10.6 Å². The number of nitrogens with one attached hydrogen (secondary N) is 2. The van der Waals surface area contributed by atoms with Gasteiger partial charge in [-0.3, -0.25) is 0 Å². The van der Waals surface area contributed by atoms with Crippen LogP contribution in [0.1, 0.15) is 33.1 Å². The van der Waals surface area contributed by atoms with Crippen LogP contribution in [0.15, 0.2) is 0 Å². The van der Waals surface area contributed by atoms with E-state index in [-0.39, 0.29) is 5.54 Å². The quantitative estimate of drug-likeness (QED) is 0.763. The third kappa shape index (κ3) is 4.84. The monoisotopic (exact) mass is 224 g/mol. The molecule has 0 aromatic heterocycles. The van der Waals surface area contributed by atoms with Gasteiger partial charge in [0.15, 0.2) is 0 Å². The number of halogens is 3. The Kier molecular flexibility index (Phi) is 4.00. The van der Waals surface area contributed by atoms with E-state index in [1.807, 2.05) is 6.92 Å². The minimum absolute atomic E-state index is 0.0279. The van der Waals surface area contributed by atoms with Gasteiger partial charge in [-0.2, -0.15) is 13.2 Å². The van der Waals surface area contributed by atoms with E-state index in [1.54, 1.807) is 6.92 Å². The summed E-state index contributed by atoms with van der Waals surface area (Å²) >= 11 is 0. The average molecular weight is 224 g/mol. The fraction of sp³-hybridized carbons (Fsp3) is 1.00. The second kappa shape index (κ2) is 4.70. The molecule has 15 heavy (non-hydrogen) atoms. The molecule has 1 rings (SSSR count). The van der Waals surface area contributed by atoms with Crippen molar-refractivity contribution in [3.63, 3.8) is 0 Å². The van der Waals surface area contributed by atoms with Crippen LogP contribution in [0.2, 0.25) is 0 Å². The zero-order valence-corrected chi connectivity index (χ0v) is 9.25. The van der Waals surface area contributed by atoms with Crippen molar-refractivity contribution in [2.45, 2.75) is 50.9 Å². The van der Waals surface area contributed by atoms with Gasteiger partial charge >= 0.3 is 6.18 Å². The Bertz CT molecular complexity index is 197. The number of alkyl halides is 3. The highest BCUT2D eigenvalue weighted by molar-refractivity contribution is 4.91. The lowest BCUT2D eigenvalue weighted by molar-refractivity contribution is -0.139. The van der Waals surface area contributed by atoms with Crippen molar-refractivity contribution in [3.05, 3.63) is 0 Å². The largest absolute Gasteiger partial charge is 0.390 e. The molecule has 2 N–H and O–H groups in total. The van der Waals surface area contributed by atoms with E-state index >= 15 is 0 Å². The molecule has 0 spiro atoms. The Morgan fingerprint density at radius 1 is 1.47 bits per heavy atom. The van der Waals surface area contributed by atoms with E-state index in [4.69, 9.17) is 0 Å². The summed E-state index contributed by atoms with van der Waals surface area (Å²) in [6, 6.07) is -0.510. The van der Waals surface area contributed by atoms with E-state index in [0.717, 1.165) is 19.4 Å². The molecule has 0 amide bonds. The first-order chi connectivity index (χ1) is 6.81. The number of hydrogen-bond donors (Lipinski definition) is 2. The summed E-state index contributed by atoms with van der Waals surface area (Å²) in [7, 11) is 0. The highest BCUT2D eigenvalue weighted by atomic mass is 19.4. The molecule has 0 aromatic carbocycles. The third-order valence-electron chi connectivity index (χ3n) is 2.84. The van der Waals surface area contributed by atoms with Gasteiger partial charge in [-0.05, 0) is 33.2 Å². The van der Waals surface area contributed by atoms with Gasteiger partial charge in [-0.25, -0.2) is 0 Å². The molecule has 2 nitrogen and oxygen atoms in total. The van der Waals surface area contributed by atoms with Gasteiger partial charge in [0.25, 0.3) is 0 Å². The fourth-order valence-electron chi connectivity index (χ4n) is 1.93. The maximum Gasteiger partial charge on any atom is 0.390 e. The maximum absolute atomic E-state index is 12.0. The molecule has 0 radical (unpaired) electrons. The summed E-state index contributed by atoms with van der Waals surface area (Å²) in [5.74, 6) is 0. The van der Waals surface area contributed by atoms with Gasteiger partial charge in [0.1, 0.15) is 0 Å². The smallest absolute Gasteiger partial charge is 0.312 e. The zero-order chi connectivity index (χ0) is 11.5. The fourth-order valence-corrected chi connectivity index (χ4v) is 1.93. The third-order valence-corrected chi connectivity index (χ3v) is 2.84. The average Bonchev–Trinajstić information content (AvgIpc) is 2.47. The van der Waals surface area contributed by atoms with Crippen LogP contribution >= 0.6 is 0 Å². The molecular weight excluding hydrogens is 205 g/mol. The van der Waals surface area contributed by atoms with Crippen LogP contribution in [0.4, 0.5) is 13.2 Å². The van der Waals surface area contributed by atoms with Crippen molar-refractivity contribution < 1.29 is 13.2 Å². The molecule has 90 valence electrons. The number of hydrogen-bond acceptors (Lipinski definition) is 2. The van der Waals surface area contributed by atoms with Crippen molar-refractivity contribution >= 4 is 0 Å². The van der Waals surface area contributed by atoms with Gasteiger partial charge < -0.3 is 10.6 Å². The minimum atomic E-state index is -4.07. The Balaban J connectivity index is 2.24. The van der Waals surface area contributed by atoms with Gasteiger partial charge in [0.2, 0.25) is 0 Å². The minimum Gasteiger partial charge on any atom is -0.312 e. The first kappa shape index (κ1) is 12.8. The molecule has 0 aromatic rings. The SMILES string of the molecule is CC(CC(F)(F)F)NCC1(C)CCCN1. The molecule has 0 aliphatic carbocycles. The molecule has 1 fully saturated rings.